The minimum atomic E-state index is -2.50. The predicted octanol–water partition coefficient (Wildman–Crippen LogP) is 3.68. The van der Waals surface area contributed by atoms with E-state index in [1.54, 1.807) is 36.9 Å². The van der Waals surface area contributed by atoms with Crippen LogP contribution in [0.4, 0.5) is 20.5 Å². The van der Waals surface area contributed by atoms with E-state index in [2.05, 4.69) is 25.4 Å². The summed E-state index contributed by atoms with van der Waals surface area (Å²) >= 11 is 0. The van der Waals surface area contributed by atoms with Crippen LogP contribution in [0.15, 0.2) is 24.4 Å². The highest BCUT2D eigenvalue weighted by molar-refractivity contribution is 5.88. The van der Waals surface area contributed by atoms with Crippen molar-refractivity contribution < 1.29 is 18.3 Å². The molecule has 1 saturated carbocycles. The van der Waals surface area contributed by atoms with Crippen LogP contribution < -0.4 is 11.1 Å². The number of nitrogens with one attached hydrogen (secondary N) is 1. The Balaban J connectivity index is 1.35. The molecule has 0 bridgehead atoms. The fourth-order valence-electron chi connectivity index (χ4n) is 4.80. The third kappa shape index (κ3) is 4.96. The van der Waals surface area contributed by atoms with E-state index in [4.69, 9.17) is 15.2 Å². The number of alkyl halides is 2. The molecule has 1 aliphatic carbocycles. The second kappa shape index (κ2) is 10.3. The molecule has 0 aromatic carbocycles. The molecule has 0 unspecified atom stereocenters. The van der Waals surface area contributed by atoms with Crippen LogP contribution in [0.5, 0.6) is 0 Å². The summed E-state index contributed by atoms with van der Waals surface area (Å²) in [6.45, 7) is 2.45. The topological polar surface area (TPSA) is 117 Å². The zero-order chi connectivity index (χ0) is 25.2. The summed E-state index contributed by atoms with van der Waals surface area (Å²) in [4.78, 5) is 13.5. The molecule has 10 nitrogen and oxygen atoms in total. The van der Waals surface area contributed by atoms with Gasteiger partial charge >= 0.3 is 0 Å². The first-order chi connectivity index (χ1) is 17.4. The van der Waals surface area contributed by atoms with Gasteiger partial charge in [-0.2, -0.15) is 4.98 Å². The lowest BCUT2D eigenvalue weighted by Crippen LogP contribution is -2.31. The normalized spacial score (nSPS) is 18.5. The van der Waals surface area contributed by atoms with E-state index in [-0.39, 0.29) is 12.1 Å². The quantitative estimate of drug-likeness (QED) is 0.334. The van der Waals surface area contributed by atoms with E-state index in [0.29, 0.717) is 53.2 Å². The average molecular weight is 501 g/mol. The molecule has 36 heavy (non-hydrogen) atoms. The van der Waals surface area contributed by atoms with Crippen molar-refractivity contribution in [3.05, 3.63) is 30.2 Å². The van der Waals surface area contributed by atoms with Crippen molar-refractivity contribution in [3.63, 3.8) is 0 Å². The molecular weight excluding hydrogens is 470 g/mol. The molecule has 0 spiro atoms. The Bertz CT molecular complexity index is 1350. The Kier molecular flexibility index (Phi) is 6.97. The SMILES string of the molecule is COCCOC1CCC(Nc2nc(N)c3c(-c4ccc5nc(C)n(CC(F)F)c5n4)ccn3n2)CC1. The highest BCUT2D eigenvalue weighted by atomic mass is 19.3. The third-order valence-electron chi connectivity index (χ3n) is 6.57. The minimum Gasteiger partial charge on any atom is -0.382 e. The molecule has 4 aromatic rings. The summed E-state index contributed by atoms with van der Waals surface area (Å²) in [7, 11) is 1.67. The summed E-state index contributed by atoms with van der Waals surface area (Å²) in [5.74, 6) is 1.26. The third-order valence-corrected chi connectivity index (χ3v) is 6.57. The molecule has 1 fully saturated rings. The molecule has 192 valence electrons. The van der Waals surface area contributed by atoms with Crippen molar-refractivity contribution in [3.8, 4) is 11.3 Å². The fraction of sp³-hybridized carbons (Fsp3) is 0.500. The maximum absolute atomic E-state index is 13.1. The Morgan fingerprint density at radius 3 is 2.67 bits per heavy atom. The Morgan fingerprint density at radius 1 is 1.11 bits per heavy atom. The van der Waals surface area contributed by atoms with Gasteiger partial charge in [0.2, 0.25) is 5.95 Å². The number of imidazole rings is 1. The molecule has 0 aliphatic heterocycles. The van der Waals surface area contributed by atoms with Crippen LogP contribution in [-0.2, 0) is 16.0 Å². The zero-order valence-corrected chi connectivity index (χ0v) is 20.3. The first-order valence-corrected chi connectivity index (χ1v) is 12.1. The summed E-state index contributed by atoms with van der Waals surface area (Å²) in [5, 5.41) is 8.00. The zero-order valence-electron chi connectivity index (χ0n) is 20.3. The molecule has 1 aliphatic rings. The van der Waals surface area contributed by atoms with Gasteiger partial charge in [0.25, 0.3) is 6.43 Å². The number of rotatable bonds is 9. The molecule has 12 heteroatoms. The first-order valence-electron chi connectivity index (χ1n) is 12.1. The van der Waals surface area contributed by atoms with Crippen LogP contribution >= 0.6 is 0 Å². The first kappa shape index (κ1) is 24.3. The van der Waals surface area contributed by atoms with E-state index in [1.807, 2.05) is 6.07 Å². The van der Waals surface area contributed by atoms with Crippen molar-refractivity contribution >= 4 is 28.4 Å². The molecule has 0 atom stereocenters. The molecule has 0 radical (unpaired) electrons. The summed E-state index contributed by atoms with van der Waals surface area (Å²) in [6, 6.07) is 5.66. The lowest BCUT2D eigenvalue weighted by Gasteiger charge is -2.29. The van der Waals surface area contributed by atoms with Crippen LogP contribution in [0.25, 0.3) is 27.9 Å². The second-order valence-electron chi connectivity index (χ2n) is 9.02. The summed E-state index contributed by atoms with van der Waals surface area (Å²) in [5.41, 5.74) is 9.25. The number of hydrogen-bond donors (Lipinski definition) is 2. The number of nitrogens with zero attached hydrogens (tertiary/aromatic N) is 6. The van der Waals surface area contributed by atoms with Crippen molar-refractivity contribution in [2.75, 3.05) is 31.4 Å². The number of halogens is 2. The van der Waals surface area contributed by atoms with E-state index in [0.717, 1.165) is 31.2 Å². The Hall–Kier alpha value is -3.38. The highest BCUT2D eigenvalue weighted by Crippen LogP contribution is 2.30. The van der Waals surface area contributed by atoms with Gasteiger partial charge < -0.3 is 25.1 Å². The molecule has 5 rings (SSSR count). The standard InChI is InChI=1S/C24H30F2N8O2/c1-14-28-19-8-7-18(30-23(19)33(14)13-20(25)26)17-9-10-34-21(17)22(27)31-24(32-34)29-15-3-5-16(6-4-15)36-12-11-35-2/h7-10,15-16,20H,3-6,11-13H2,1-2H3,(H3,27,29,31,32). The second-order valence-corrected chi connectivity index (χ2v) is 9.02. The predicted molar refractivity (Wildman–Crippen MR) is 132 cm³/mol. The monoisotopic (exact) mass is 500 g/mol. The number of nitrogen functional groups attached to an aromatic ring is 1. The van der Waals surface area contributed by atoms with Gasteiger partial charge in [0, 0.05) is 24.9 Å². The van der Waals surface area contributed by atoms with Gasteiger partial charge in [-0.15, -0.1) is 5.10 Å². The van der Waals surface area contributed by atoms with Crippen LogP contribution in [0, 0.1) is 6.92 Å². The van der Waals surface area contributed by atoms with Gasteiger partial charge in [0.1, 0.15) is 16.9 Å². The molecule has 0 saturated heterocycles. The Labute approximate surface area is 206 Å². The fourth-order valence-corrected chi connectivity index (χ4v) is 4.80. The minimum absolute atomic E-state index is 0.238. The molecule has 0 amide bonds. The lowest BCUT2D eigenvalue weighted by atomic mass is 9.93. The van der Waals surface area contributed by atoms with Crippen molar-refractivity contribution in [2.45, 2.75) is 57.7 Å². The van der Waals surface area contributed by atoms with Gasteiger partial charge in [-0.3, -0.25) is 0 Å². The molecule has 3 N–H and O–H groups in total. The molecule has 4 heterocycles. The summed E-state index contributed by atoms with van der Waals surface area (Å²) in [6.07, 6.45) is 3.36. The van der Waals surface area contributed by atoms with E-state index in [1.165, 1.54) is 4.57 Å². The molecular formula is C24H30F2N8O2. The Morgan fingerprint density at radius 2 is 1.92 bits per heavy atom. The number of anilines is 2. The van der Waals surface area contributed by atoms with Gasteiger partial charge in [0.15, 0.2) is 11.5 Å². The number of ether oxygens (including phenoxy) is 2. The number of fused-ring (bicyclic) bond motifs is 2. The van der Waals surface area contributed by atoms with Crippen LogP contribution in [0.2, 0.25) is 0 Å². The van der Waals surface area contributed by atoms with Gasteiger partial charge in [-0.25, -0.2) is 23.3 Å². The smallest absolute Gasteiger partial charge is 0.256 e. The maximum atomic E-state index is 13.1. The largest absolute Gasteiger partial charge is 0.382 e. The number of aryl methyl sites for hydroxylation is 1. The number of hydrogen-bond acceptors (Lipinski definition) is 8. The van der Waals surface area contributed by atoms with E-state index < -0.39 is 13.0 Å². The number of aromatic nitrogens is 6. The van der Waals surface area contributed by atoms with Gasteiger partial charge in [0.05, 0.1) is 31.6 Å². The lowest BCUT2D eigenvalue weighted by molar-refractivity contribution is -0.00158. The van der Waals surface area contributed by atoms with Crippen molar-refractivity contribution in [1.29, 1.82) is 0 Å². The highest BCUT2D eigenvalue weighted by Gasteiger charge is 2.23. The average Bonchev–Trinajstić information content (AvgIpc) is 3.41. The van der Waals surface area contributed by atoms with Gasteiger partial charge in [-0.05, 0) is 50.8 Å². The number of methoxy groups -OCH3 is 1. The molecule has 4 aromatic heterocycles. The van der Waals surface area contributed by atoms with E-state index in [9.17, 15) is 8.78 Å². The number of pyridine rings is 1. The van der Waals surface area contributed by atoms with E-state index >= 15 is 0 Å². The maximum Gasteiger partial charge on any atom is 0.256 e. The number of nitrogens with two attached hydrogens (primary N) is 1. The van der Waals surface area contributed by atoms with Gasteiger partial charge in [-0.1, -0.05) is 0 Å². The summed E-state index contributed by atoms with van der Waals surface area (Å²) < 4.78 is 40.2. The van der Waals surface area contributed by atoms with Crippen LogP contribution in [0.3, 0.4) is 0 Å². The van der Waals surface area contributed by atoms with Crippen molar-refractivity contribution in [2.24, 2.45) is 0 Å². The van der Waals surface area contributed by atoms with Crippen molar-refractivity contribution in [1.82, 2.24) is 29.1 Å². The van der Waals surface area contributed by atoms with Crippen LogP contribution in [0.1, 0.15) is 31.5 Å². The van der Waals surface area contributed by atoms with Crippen LogP contribution in [-0.4, -0.2) is 68.0 Å².